The molecule has 3 aromatic rings. The predicted octanol–water partition coefficient (Wildman–Crippen LogP) is 4.23. The highest BCUT2D eigenvalue weighted by Gasteiger charge is 2.16. The zero-order valence-corrected chi connectivity index (χ0v) is 17.7. The molecule has 0 atom stereocenters. The Morgan fingerprint density at radius 1 is 1.16 bits per heavy atom. The number of anilines is 1. The van der Waals surface area contributed by atoms with Crippen LogP contribution < -0.4 is 5.32 Å². The zero-order valence-electron chi connectivity index (χ0n) is 15.4. The molecular weight excluding hydrogens is 471 g/mol. The van der Waals surface area contributed by atoms with E-state index in [1.807, 2.05) is 0 Å². The largest absolute Gasteiger partial charge is 0.455 e. The maximum absolute atomic E-state index is 11.9. The monoisotopic (exact) mass is 482 g/mol. The van der Waals surface area contributed by atoms with Crippen LogP contribution in [-0.4, -0.2) is 39.4 Å². The fourth-order valence-electron chi connectivity index (χ4n) is 2.21. The molecule has 1 aromatic heterocycles. The van der Waals surface area contributed by atoms with Gasteiger partial charge in [0.2, 0.25) is 5.89 Å². The molecule has 0 saturated heterocycles. The van der Waals surface area contributed by atoms with Gasteiger partial charge >= 0.3 is 5.97 Å². The molecule has 3 rings (SSSR count). The van der Waals surface area contributed by atoms with Gasteiger partial charge in [-0.15, -0.1) is 10.2 Å². The highest BCUT2D eigenvalue weighted by molar-refractivity contribution is 7.99. The number of ether oxygens (including phenoxy) is 1. The van der Waals surface area contributed by atoms with Gasteiger partial charge in [-0.05, 0) is 36.4 Å². The Bertz CT molecular complexity index is 1120. The second-order valence-corrected chi connectivity index (χ2v) is 7.57. The van der Waals surface area contributed by atoms with Crippen molar-refractivity contribution >= 4 is 58.2 Å². The van der Waals surface area contributed by atoms with Crippen LogP contribution in [0.5, 0.6) is 0 Å². The van der Waals surface area contributed by atoms with Crippen LogP contribution in [0, 0.1) is 10.1 Å². The summed E-state index contributed by atoms with van der Waals surface area (Å²) in [6.07, 6.45) is 0. The number of benzene rings is 2. The van der Waals surface area contributed by atoms with Crippen LogP contribution in [0.2, 0.25) is 10.0 Å². The number of rotatable bonds is 8. The van der Waals surface area contributed by atoms with Gasteiger partial charge < -0.3 is 14.5 Å². The molecule has 0 radical (unpaired) electrons. The van der Waals surface area contributed by atoms with E-state index in [9.17, 15) is 19.7 Å². The molecule has 1 amide bonds. The number of nitro benzene ring substituents is 1. The van der Waals surface area contributed by atoms with E-state index in [0.717, 1.165) is 17.8 Å². The number of hydrogen-bond acceptors (Lipinski definition) is 9. The van der Waals surface area contributed by atoms with Crippen molar-refractivity contribution in [2.45, 2.75) is 5.22 Å². The lowest BCUT2D eigenvalue weighted by atomic mass is 10.2. The molecule has 0 bridgehead atoms. The lowest BCUT2D eigenvalue weighted by Gasteiger charge is -2.06. The molecule has 1 N–H and O–H groups in total. The SMILES string of the molecule is O=C(COC(=O)CSc1nnc(-c2ccc(Cl)cc2)o1)Nc1ccc(Cl)c([N+](=O)[O-])c1. The lowest BCUT2D eigenvalue weighted by molar-refractivity contribution is -0.384. The summed E-state index contributed by atoms with van der Waals surface area (Å²) >= 11 is 12.5. The molecule has 0 unspecified atom stereocenters. The molecule has 0 saturated carbocycles. The van der Waals surface area contributed by atoms with Crippen molar-refractivity contribution in [2.24, 2.45) is 0 Å². The summed E-state index contributed by atoms with van der Waals surface area (Å²) in [5.41, 5.74) is 0.461. The van der Waals surface area contributed by atoms with E-state index in [1.165, 1.54) is 12.1 Å². The average Bonchev–Trinajstić information content (AvgIpc) is 3.21. The average molecular weight is 483 g/mol. The van der Waals surface area contributed by atoms with Crippen molar-refractivity contribution in [3.05, 3.63) is 62.6 Å². The number of nitro groups is 1. The standard InChI is InChI=1S/C18H12Cl2N4O6S/c19-11-3-1-10(2-4-11)17-22-23-18(30-17)31-9-16(26)29-8-15(25)21-12-5-6-13(20)14(7-12)24(27)28/h1-7H,8-9H2,(H,21,25). The molecule has 10 nitrogen and oxygen atoms in total. The minimum Gasteiger partial charge on any atom is -0.455 e. The van der Waals surface area contributed by atoms with Gasteiger partial charge in [0.05, 0.1) is 4.92 Å². The van der Waals surface area contributed by atoms with Gasteiger partial charge in [0.25, 0.3) is 16.8 Å². The normalized spacial score (nSPS) is 10.5. The number of carbonyl (C=O) groups is 2. The third-order valence-corrected chi connectivity index (χ3v) is 4.97. The maximum atomic E-state index is 11.9. The highest BCUT2D eigenvalue weighted by Crippen LogP contribution is 2.27. The van der Waals surface area contributed by atoms with Crippen molar-refractivity contribution in [1.82, 2.24) is 10.2 Å². The Labute approximate surface area is 189 Å². The van der Waals surface area contributed by atoms with E-state index in [0.29, 0.717) is 10.6 Å². The predicted molar refractivity (Wildman–Crippen MR) is 113 cm³/mol. The molecule has 0 aliphatic rings. The minimum absolute atomic E-state index is 0.0632. The molecule has 0 aliphatic heterocycles. The summed E-state index contributed by atoms with van der Waals surface area (Å²) in [4.78, 5) is 33.9. The number of halogens is 2. The Morgan fingerprint density at radius 2 is 1.90 bits per heavy atom. The number of carbonyl (C=O) groups excluding carboxylic acids is 2. The molecule has 0 spiro atoms. The molecule has 13 heteroatoms. The van der Waals surface area contributed by atoms with Crippen molar-refractivity contribution < 1.29 is 23.7 Å². The Balaban J connectivity index is 1.45. The quantitative estimate of drug-likeness (QED) is 0.216. The number of nitrogens with one attached hydrogen (secondary N) is 1. The van der Waals surface area contributed by atoms with E-state index < -0.39 is 23.4 Å². The number of aromatic nitrogens is 2. The van der Waals surface area contributed by atoms with Crippen molar-refractivity contribution in [2.75, 3.05) is 17.7 Å². The first-order valence-electron chi connectivity index (χ1n) is 8.43. The summed E-state index contributed by atoms with van der Waals surface area (Å²) in [6, 6.07) is 10.6. The van der Waals surface area contributed by atoms with E-state index in [1.54, 1.807) is 24.3 Å². The zero-order chi connectivity index (χ0) is 22.4. The lowest BCUT2D eigenvalue weighted by Crippen LogP contribution is -2.21. The smallest absolute Gasteiger partial charge is 0.316 e. The summed E-state index contributed by atoms with van der Waals surface area (Å²) in [5, 5.41) is 21.6. The topological polar surface area (TPSA) is 137 Å². The van der Waals surface area contributed by atoms with Crippen LogP contribution in [0.15, 0.2) is 52.1 Å². The van der Waals surface area contributed by atoms with Gasteiger partial charge in [0.15, 0.2) is 6.61 Å². The first-order chi connectivity index (χ1) is 14.8. The van der Waals surface area contributed by atoms with E-state index >= 15 is 0 Å². The van der Waals surface area contributed by atoms with Crippen LogP contribution in [0.4, 0.5) is 11.4 Å². The van der Waals surface area contributed by atoms with Gasteiger partial charge in [0.1, 0.15) is 10.8 Å². The van der Waals surface area contributed by atoms with Crippen LogP contribution in [0.3, 0.4) is 0 Å². The molecule has 0 fully saturated rings. The van der Waals surface area contributed by atoms with Gasteiger partial charge in [-0.2, -0.15) is 0 Å². The van der Waals surface area contributed by atoms with E-state index in [-0.39, 0.29) is 33.3 Å². The fourth-order valence-corrected chi connectivity index (χ4v) is 3.09. The summed E-state index contributed by atoms with van der Waals surface area (Å²) < 4.78 is 10.3. The number of esters is 1. The Morgan fingerprint density at radius 3 is 2.61 bits per heavy atom. The number of thioether (sulfide) groups is 1. The molecule has 31 heavy (non-hydrogen) atoms. The van der Waals surface area contributed by atoms with E-state index in [2.05, 4.69) is 15.5 Å². The molecular formula is C18H12Cl2N4O6S. The third kappa shape index (κ3) is 6.41. The second-order valence-electron chi connectivity index (χ2n) is 5.80. The number of nitrogens with zero attached hydrogens (tertiary/aromatic N) is 3. The van der Waals surface area contributed by atoms with Crippen molar-refractivity contribution in [3.8, 4) is 11.5 Å². The van der Waals surface area contributed by atoms with Gasteiger partial charge in [-0.25, -0.2) is 0 Å². The first kappa shape index (κ1) is 22.5. The molecule has 0 aliphatic carbocycles. The number of hydrogen-bond donors (Lipinski definition) is 1. The Hall–Kier alpha value is -3.15. The van der Waals surface area contributed by atoms with Gasteiger partial charge in [-0.1, -0.05) is 35.0 Å². The molecule has 160 valence electrons. The number of amides is 1. The maximum Gasteiger partial charge on any atom is 0.316 e. The third-order valence-electron chi connectivity index (χ3n) is 3.60. The summed E-state index contributed by atoms with van der Waals surface area (Å²) in [7, 11) is 0. The van der Waals surface area contributed by atoms with Crippen molar-refractivity contribution in [3.63, 3.8) is 0 Å². The van der Waals surface area contributed by atoms with Gasteiger partial charge in [0, 0.05) is 22.3 Å². The molecule has 2 aromatic carbocycles. The van der Waals surface area contributed by atoms with Crippen LogP contribution in [-0.2, 0) is 14.3 Å². The van der Waals surface area contributed by atoms with Crippen LogP contribution >= 0.6 is 35.0 Å². The fraction of sp³-hybridized carbons (Fsp3) is 0.111. The van der Waals surface area contributed by atoms with E-state index in [4.69, 9.17) is 32.4 Å². The Kier molecular flexibility index (Phi) is 7.45. The summed E-state index contributed by atoms with van der Waals surface area (Å²) in [6.45, 7) is -0.574. The summed E-state index contributed by atoms with van der Waals surface area (Å²) in [5.74, 6) is -1.25. The highest BCUT2D eigenvalue weighted by atomic mass is 35.5. The van der Waals surface area contributed by atoms with Crippen molar-refractivity contribution in [1.29, 1.82) is 0 Å². The minimum atomic E-state index is -0.687. The molecule has 1 heterocycles. The second kappa shape index (κ2) is 10.2. The van der Waals surface area contributed by atoms with Crippen LogP contribution in [0.1, 0.15) is 0 Å². The first-order valence-corrected chi connectivity index (χ1v) is 10.2. The van der Waals surface area contributed by atoms with Gasteiger partial charge in [-0.3, -0.25) is 19.7 Å². The van der Waals surface area contributed by atoms with Crippen LogP contribution in [0.25, 0.3) is 11.5 Å².